The highest BCUT2D eigenvalue weighted by Crippen LogP contribution is 2.35. The highest BCUT2D eigenvalue weighted by molar-refractivity contribution is 9.10. The molecule has 140 valence electrons. The predicted octanol–water partition coefficient (Wildman–Crippen LogP) is 5.57. The van der Waals surface area contributed by atoms with Crippen molar-refractivity contribution in [3.8, 4) is 17.0 Å². The molecule has 0 radical (unpaired) electrons. The summed E-state index contributed by atoms with van der Waals surface area (Å²) in [5.41, 5.74) is 9.17. The molecule has 0 aliphatic heterocycles. The smallest absolute Gasteiger partial charge is 0.267 e. The van der Waals surface area contributed by atoms with Crippen LogP contribution >= 0.6 is 27.3 Å². The minimum Gasteiger partial charge on any atom is -0.497 e. The van der Waals surface area contributed by atoms with Crippen molar-refractivity contribution in [3.05, 3.63) is 70.0 Å². The standard InChI is InChI=1S/C21H16BrN3O2S/c1-27-15-8-2-12(3-9-15)17-11-10-16-18(23)19(28-21(16)25-17)20(26)24-14-6-4-13(22)5-7-14/h2-11H,23H2,1H3,(H,24,26). The average molecular weight is 454 g/mol. The van der Waals surface area contributed by atoms with E-state index in [9.17, 15) is 4.79 Å². The number of fused-ring (bicyclic) bond motifs is 1. The summed E-state index contributed by atoms with van der Waals surface area (Å²) in [5.74, 6) is 0.547. The molecule has 28 heavy (non-hydrogen) atoms. The Bertz CT molecular complexity index is 1150. The molecule has 0 aliphatic rings. The van der Waals surface area contributed by atoms with Crippen LogP contribution in [-0.2, 0) is 0 Å². The fourth-order valence-electron chi connectivity index (χ4n) is 2.81. The quantitative estimate of drug-likeness (QED) is 0.423. The van der Waals surface area contributed by atoms with Gasteiger partial charge in [-0.05, 0) is 60.7 Å². The Morgan fingerprint density at radius 2 is 1.79 bits per heavy atom. The van der Waals surface area contributed by atoms with E-state index in [2.05, 4.69) is 21.2 Å². The van der Waals surface area contributed by atoms with Gasteiger partial charge in [0.25, 0.3) is 5.91 Å². The van der Waals surface area contributed by atoms with Crippen LogP contribution in [0.3, 0.4) is 0 Å². The Labute approximate surface area is 174 Å². The van der Waals surface area contributed by atoms with E-state index in [-0.39, 0.29) is 5.91 Å². The molecule has 2 aromatic heterocycles. The minimum absolute atomic E-state index is 0.242. The van der Waals surface area contributed by atoms with Gasteiger partial charge < -0.3 is 15.8 Å². The molecular weight excluding hydrogens is 438 g/mol. The topological polar surface area (TPSA) is 77.2 Å². The summed E-state index contributed by atoms with van der Waals surface area (Å²) >= 11 is 4.67. The van der Waals surface area contributed by atoms with Gasteiger partial charge in [-0.1, -0.05) is 15.9 Å². The summed E-state index contributed by atoms with van der Waals surface area (Å²) < 4.78 is 6.14. The summed E-state index contributed by atoms with van der Waals surface area (Å²) in [6.45, 7) is 0. The number of hydrogen-bond acceptors (Lipinski definition) is 5. The third-order valence-electron chi connectivity index (χ3n) is 4.29. The lowest BCUT2D eigenvalue weighted by atomic mass is 10.1. The molecule has 4 aromatic rings. The number of anilines is 2. The molecule has 0 saturated carbocycles. The summed E-state index contributed by atoms with van der Waals surface area (Å²) in [4.78, 5) is 18.6. The number of thiophene rings is 1. The molecule has 0 spiro atoms. The summed E-state index contributed by atoms with van der Waals surface area (Å²) in [7, 11) is 1.63. The van der Waals surface area contributed by atoms with E-state index in [0.29, 0.717) is 16.3 Å². The Kier molecular flexibility index (Phi) is 5.02. The van der Waals surface area contributed by atoms with Crippen LogP contribution in [0.5, 0.6) is 5.75 Å². The van der Waals surface area contributed by atoms with Gasteiger partial charge in [-0.25, -0.2) is 4.98 Å². The van der Waals surface area contributed by atoms with Gasteiger partial charge in [-0.2, -0.15) is 0 Å². The number of pyridine rings is 1. The molecule has 0 aliphatic carbocycles. The fourth-order valence-corrected chi connectivity index (χ4v) is 4.06. The number of hydrogen-bond donors (Lipinski definition) is 2. The van der Waals surface area contributed by atoms with Crippen LogP contribution in [0.25, 0.3) is 21.5 Å². The monoisotopic (exact) mass is 453 g/mol. The van der Waals surface area contributed by atoms with E-state index in [1.165, 1.54) is 11.3 Å². The third-order valence-corrected chi connectivity index (χ3v) is 5.93. The molecule has 0 unspecified atom stereocenters. The molecule has 7 heteroatoms. The van der Waals surface area contributed by atoms with E-state index in [4.69, 9.17) is 15.5 Å². The molecule has 0 fully saturated rings. The Balaban J connectivity index is 1.65. The summed E-state index contributed by atoms with van der Waals surface area (Å²) in [6.07, 6.45) is 0. The molecule has 0 saturated heterocycles. The highest BCUT2D eigenvalue weighted by atomic mass is 79.9. The number of ether oxygens (including phenoxy) is 1. The number of nitrogens with two attached hydrogens (primary N) is 1. The first kappa shape index (κ1) is 18.5. The van der Waals surface area contributed by atoms with E-state index < -0.39 is 0 Å². The number of carbonyl (C=O) groups excluding carboxylic acids is 1. The van der Waals surface area contributed by atoms with Crippen molar-refractivity contribution in [1.29, 1.82) is 0 Å². The van der Waals surface area contributed by atoms with Crippen LogP contribution in [-0.4, -0.2) is 18.0 Å². The second-order valence-electron chi connectivity index (χ2n) is 6.08. The second-order valence-corrected chi connectivity index (χ2v) is 8.00. The largest absolute Gasteiger partial charge is 0.497 e. The Morgan fingerprint density at radius 3 is 2.46 bits per heavy atom. The first-order valence-electron chi connectivity index (χ1n) is 8.45. The number of carbonyl (C=O) groups is 1. The first-order chi connectivity index (χ1) is 13.5. The lowest BCUT2D eigenvalue weighted by Crippen LogP contribution is -2.11. The number of nitrogen functional groups attached to an aromatic ring is 1. The molecule has 2 heterocycles. The molecule has 0 atom stereocenters. The summed E-state index contributed by atoms with van der Waals surface area (Å²) in [6, 6.07) is 18.9. The number of benzene rings is 2. The van der Waals surface area contributed by atoms with Gasteiger partial charge in [0, 0.05) is 21.1 Å². The molecule has 0 bridgehead atoms. The maximum absolute atomic E-state index is 12.7. The third kappa shape index (κ3) is 3.58. The van der Waals surface area contributed by atoms with E-state index in [1.54, 1.807) is 7.11 Å². The zero-order valence-corrected chi connectivity index (χ0v) is 17.3. The number of amides is 1. The Hall–Kier alpha value is -2.90. The van der Waals surface area contributed by atoms with Crippen LogP contribution < -0.4 is 15.8 Å². The van der Waals surface area contributed by atoms with Gasteiger partial charge in [-0.15, -0.1) is 11.3 Å². The van der Waals surface area contributed by atoms with E-state index in [0.717, 1.165) is 31.7 Å². The SMILES string of the molecule is COc1ccc(-c2ccc3c(N)c(C(=O)Nc4ccc(Br)cc4)sc3n2)cc1. The van der Waals surface area contributed by atoms with Crippen LogP contribution in [0.1, 0.15) is 9.67 Å². The Morgan fingerprint density at radius 1 is 1.07 bits per heavy atom. The van der Waals surface area contributed by atoms with E-state index >= 15 is 0 Å². The van der Waals surface area contributed by atoms with Crippen molar-refractivity contribution in [1.82, 2.24) is 4.98 Å². The van der Waals surface area contributed by atoms with Gasteiger partial charge >= 0.3 is 0 Å². The van der Waals surface area contributed by atoms with Crippen LogP contribution in [0.4, 0.5) is 11.4 Å². The van der Waals surface area contributed by atoms with Gasteiger partial charge in [0.2, 0.25) is 0 Å². The maximum Gasteiger partial charge on any atom is 0.267 e. The van der Waals surface area contributed by atoms with Crippen molar-refractivity contribution in [2.24, 2.45) is 0 Å². The maximum atomic E-state index is 12.7. The second kappa shape index (κ2) is 7.61. The number of nitrogens with zero attached hydrogens (tertiary/aromatic N) is 1. The number of aromatic nitrogens is 1. The number of halogens is 1. The number of rotatable bonds is 4. The summed E-state index contributed by atoms with van der Waals surface area (Å²) in [5, 5.41) is 3.66. The lowest BCUT2D eigenvalue weighted by Gasteiger charge is -2.04. The van der Waals surface area contributed by atoms with Crippen molar-refractivity contribution >= 4 is 54.8 Å². The fraction of sp³-hybridized carbons (Fsp3) is 0.0476. The van der Waals surface area contributed by atoms with Gasteiger partial charge in [0.1, 0.15) is 15.5 Å². The average Bonchev–Trinajstić information content (AvgIpc) is 3.06. The first-order valence-corrected chi connectivity index (χ1v) is 10.1. The van der Waals surface area contributed by atoms with E-state index in [1.807, 2.05) is 60.7 Å². The lowest BCUT2D eigenvalue weighted by molar-refractivity contribution is 0.103. The van der Waals surface area contributed by atoms with Crippen LogP contribution in [0.15, 0.2) is 65.1 Å². The van der Waals surface area contributed by atoms with Crippen LogP contribution in [0.2, 0.25) is 0 Å². The molecule has 2 aromatic carbocycles. The zero-order valence-electron chi connectivity index (χ0n) is 14.9. The minimum atomic E-state index is -0.242. The van der Waals surface area contributed by atoms with Gasteiger partial charge in [0.15, 0.2) is 0 Å². The molecule has 5 nitrogen and oxygen atoms in total. The highest BCUT2D eigenvalue weighted by Gasteiger charge is 2.18. The normalized spacial score (nSPS) is 10.8. The zero-order chi connectivity index (χ0) is 19.7. The predicted molar refractivity (Wildman–Crippen MR) is 118 cm³/mol. The van der Waals surface area contributed by atoms with Crippen molar-refractivity contribution in [3.63, 3.8) is 0 Å². The van der Waals surface area contributed by atoms with Crippen molar-refractivity contribution < 1.29 is 9.53 Å². The molecule has 4 rings (SSSR count). The van der Waals surface area contributed by atoms with Crippen LogP contribution in [0, 0.1) is 0 Å². The van der Waals surface area contributed by atoms with Crippen molar-refractivity contribution in [2.45, 2.75) is 0 Å². The molecular formula is C21H16BrN3O2S. The molecule has 3 N–H and O–H groups in total. The van der Waals surface area contributed by atoms with Crippen molar-refractivity contribution in [2.75, 3.05) is 18.2 Å². The number of methoxy groups -OCH3 is 1. The van der Waals surface area contributed by atoms with Gasteiger partial charge in [-0.3, -0.25) is 4.79 Å². The van der Waals surface area contributed by atoms with Gasteiger partial charge in [0.05, 0.1) is 18.5 Å². The molecule has 1 amide bonds. The number of nitrogens with one attached hydrogen (secondary N) is 1.